The van der Waals surface area contributed by atoms with Crippen LogP contribution in [0.15, 0.2) is 48.5 Å². The Morgan fingerprint density at radius 1 is 1.07 bits per heavy atom. The topological polar surface area (TPSA) is 52.6 Å². The summed E-state index contributed by atoms with van der Waals surface area (Å²) in [6.07, 6.45) is 2.16. The largest absolute Gasteiger partial charge is 0.468 e. The number of esters is 2. The van der Waals surface area contributed by atoms with E-state index in [1.165, 1.54) is 12.7 Å². The van der Waals surface area contributed by atoms with Crippen molar-refractivity contribution in [3.8, 4) is 0 Å². The molecular formula is C23H26O4. The van der Waals surface area contributed by atoms with Gasteiger partial charge in [0.2, 0.25) is 0 Å². The van der Waals surface area contributed by atoms with Crippen LogP contribution in [-0.4, -0.2) is 25.2 Å². The number of benzene rings is 2. The molecule has 0 saturated heterocycles. The van der Waals surface area contributed by atoms with E-state index in [1.807, 2.05) is 50.2 Å². The quantitative estimate of drug-likeness (QED) is 0.735. The Hall–Kier alpha value is -2.62. The van der Waals surface area contributed by atoms with E-state index in [4.69, 9.17) is 9.47 Å². The first-order chi connectivity index (χ1) is 12.9. The van der Waals surface area contributed by atoms with Gasteiger partial charge in [0.05, 0.1) is 12.7 Å². The number of carbonyl (C=O) groups is 2. The molecule has 0 bridgehead atoms. The van der Waals surface area contributed by atoms with Crippen molar-refractivity contribution in [2.24, 2.45) is 5.41 Å². The van der Waals surface area contributed by atoms with Gasteiger partial charge in [-0.25, -0.2) is 4.79 Å². The Labute approximate surface area is 160 Å². The molecule has 1 saturated carbocycles. The molecule has 1 fully saturated rings. The minimum Gasteiger partial charge on any atom is -0.468 e. The van der Waals surface area contributed by atoms with Crippen LogP contribution in [0.25, 0.3) is 0 Å². The van der Waals surface area contributed by atoms with E-state index in [1.54, 1.807) is 12.1 Å². The normalized spacial score (nSPS) is 21.7. The molecule has 2 unspecified atom stereocenters. The number of methoxy groups -OCH3 is 1. The maximum absolute atomic E-state index is 12.8. The van der Waals surface area contributed by atoms with Crippen molar-refractivity contribution >= 4 is 11.9 Å². The van der Waals surface area contributed by atoms with Crippen molar-refractivity contribution in [3.05, 3.63) is 70.8 Å². The maximum Gasteiger partial charge on any atom is 0.338 e. The van der Waals surface area contributed by atoms with Crippen LogP contribution in [0.5, 0.6) is 0 Å². The van der Waals surface area contributed by atoms with Gasteiger partial charge in [-0.3, -0.25) is 4.79 Å². The van der Waals surface area contributed by atoms with Gasteiger partial charge >= 0.3 is 11.9 Å². The van der Waals surface area contributed by atoms with E-state index >= 15 is 0 Å². The lowest BCUT2D eigenvalue weighted by atomic mass is 9.78. The van der Waals surface area contributed by atoms with Crippen LogP contribution >= 0.6 is 0 Å². The summed E-state index contributed by atoms with van der Waals surface area (Å²) in [5.41, 5.74) is 2.89. The third kappa shape index (κ3) is 4.05. The summed E-state index contributed by atoms with van der Waals surface area (Å²) in [6.45, 7) is 3.96. The highest BCUT2D eigenvalue weighted by molar-refractivity contribution is 5.90. The molecule has 3 rings (SSSR count). The molecule has 0 spiro atoms. The first kappa shape index (κ1) is 19.2. The maximum atomic E-state index is 12.8. The first-order valence-corrected chi connectivity index (χ1v) is 9.36. The first-order valence-electron chi connectivity index (χ1n) is 9.36. The summed E-state index contributed by atoms with van der Waals surface area (Å²) in [5.74, 6) is -0.689. The Bertz CT molecular complexity index is 825. The van der Waals surface area contributed by atoms with Gasteiger partial charge in [0.1, 0.15) is 11.5 Å². The number of hydrogen-bond acceptors (Lipinski definition) is 4. The van der Waals surface area contributed by atoms with Crippen LogP contribution in [0.2, 0.25) is 0 Å². The van der Waals surface area contributed by atoms with Crippen molar-refractivity contribution < 1.29 is 19.1 Å². The zero-order valence-electron chi connectivity index (χ0n) is 16.2. The molecule has 0 amide bonds. The second-order valence-corrected chi connectivity index (χ2v) is 7.47. The molecule has 2 aromatic carbocycles. The lowest BCUT2D eigenvalue weighted by Gasteiger charge is -2.32. The van der Waals surface area contributed by atoms with Gasteiger partial charge in [-0.15, -0.1) is 0 Å². The fourth-order valence-electron chi connectivity index (χ4n) is 3.96. The molecule has 27 heavy (non-hydrogen) atoms. The summed E-state index contributed by atoms with van der Waals surface area (Å²) < 4.78 is 11.0. The van der Waals surface area contributed by atoms with Crippen LogP contribution in [0, 0.1) is 19.3 Å². The molecule has 0 aliphatic heterocycles. The van der Waals surface area contributed by atoms with Crippen LogP contribution in [0.1, 0.15) is 46.3 Å². The molecule has 4 heteroatoms. The Kier molecular flexibility index (Phi) is 5.64. The van der Waals surface area contributed by atoms with Crippen molar-refractivity contribution in [2.75, 3.05) is 7.11 Å². The van der Waals surface area contributed by atoms with Gasteiger partial charge < -0.3 is 9.47 Å². The van der Waals surface area contributed by atoms with E-state index in [2.05, 4.69) is 0 Å². The van der Waals surface area contributed by atoms with Gasteiger partial charge in [-0.05, 0) is 57.2 Å². The predicted molar refractivity (Wildman–Crippen MR) is 104 cm³/mol. The van der Waals surface area contributed by atoms with Crippen molar-refractivity contribution in [1.82, 2.24) is 0 Å². The van der Waals surface area contributed by atoms with E-state index in [-0.39, 0.29) is 11.9 Å². The van der Waals surface area contributed by atoms with E-state index in [0.717, 1.165) is 17.5 Å². The number of carbonyl (C=O) groups excluding carboxylic acids is 2. The monoisotopic (exact) mass is 366 g/mol. The molecule has 2 aromatic rings. The standard InChI is InChI=1S/C23H26O4/c1-16-9-11-18(12-10-16)15-23(22(25)26-3)13-5-8-20(23)27-21(24)19-7-4-6-17(2)14-19/h4,6-7,9-12,14,20H,5,8,13,15H2,1-3H3. The second-order valence-electron chi connectivity index (χ2n) is 7.47. The number of ether oxygens (including phenoxy) is 2. The molecule has 1 aliphatic rings. The fourth-order valence-corrected chi connectivity index (χ4v) is 3.96. The van der Waals surface area contributed by atoms with E-state index in [9.17, 15) is 9.59 Å². The summed E-state index contributed by atoms with van der Waals surface area (Å²) in [5, 5.41) is 0. The van der Waals surface area contributed by atoms with Gasteiger partial charge in [-0.1, -0.05) is 47.5 Å². The number of rotatable bonds is 5. The minimum atomic E-state index is -0.830. The molecule has 0 aromatic heterocycles. The van der Waals surface area contributed by atoms with Gasteiger partial charge in [0, 0.05) is 0 Å². The SMILES string of the molecule is COC(=O)C1(Cc2ccc(C)cc2)CCCC1OC(=O)c1cccc(C)c1. The van der Waals surface area contributed by atoms with Crippen LogP contribution in [0.3, 0.4) is 0 Å². The average Bonchev–Trinajstić information content (AvgIpc) is 3.06. The van der Waals surface area contributed by atoms with Crippen molar-refractivity contribution in [1.29, 1.82) is 0 Å². The zero-order chi connectivity index (χ0) is 19.4. The van der Waals surface area contributed by atoms with Crippen LogP contribution in [0.4, 0.5) is 0 Å². The van der Waals surface area contributed by atoms with Crippen molar-refractivity contribution in [3.63, 3.8) is 0 Å². The van der Waals surface area contributed by atoms with Gasteiger partial charge in [0.15, 0.2) is 0 Å². The zero-order valence-corrected chi connectivity index (χ0v) is 16.2. The van der Waals surface area contributed by atoms with Crippen LogP contribution < -0.4 is 0 Å². The third-order valence-corrected chi connectivity index (χ3v) is 5.44. The van der Waals surface area contributed by atoms with E-state index in [0.29, 0.717) is 24.8 Å². The van der Waals surface area contributed by atoms with Gasteiger partial charge in [-0.2, -0.15) is 0 Å². The highest BCUT2D eigenvalue weighted by atomic mass is 16.6. The summed E-state index contributed by atoms with van der Waals surface area (Å²) >= 11 is 0. The Balaban J connectivity index is 1.86. The summed E-state index contributed by atoms with van der Waals surface area (Å²) in [7, 11) is 1.40. The predicted octanol–water partition coefficient (Wildman–Crippen LogP) is 4.41. The molecule has 0 N–H and O–H groups in total. The molecule has 1 aliphatic carbocycles. The minimum absolute atomic E-state index is 0.303. The highest BCUT2D eigenvalue weighted by Crippen LogP contribution is 2.44. The lowest BCUT2D eigenvalue weighted by Crippen LogP contribution is -2.43. The molecule has 0 heterocycles. The Morgan fingerprint density at radius 3 is 2.48 bits per heavy atom. The average molecular weight is 366 g/mol. The number of hydrogen-bond donors (Lipinski definition) is 0. The summed E-state index contributed by atoms with van der Waals surface area (Å²) in [6, 6.07) is 15.4. The third-order valence-electron chi connectivity index (χ3n) is 5.44. The summed E-state index contributed by atoms with van der Waals surface area (Å²) in [4.78, 5) is 25.5. The highest BCUT2D eigenvalue weighted by Gasteiger charge is 2.52. The molecular weight excluding hydrogens is 340 g/mol. The fraction of sp³-hybridized carbons (Fsp3) is 0.391. The Morgan fingerprint density at radius 2 is 1.81 bits per heavy atom. The second kappa shape index (κ2) is 7.95. The van der Waals surface area contributed by atoms with Crippen molar-refractivity contribution in [2.45, 2.75) is 45.6 Å². The van der Waals surface area contributed by atoms with E-state index < -0.39 is 11.5 Å². The van der Waals surface area contributed by atoms with Crippen LogP contribution in [-0.2, 0) is 20.7 Å². The lowest BCUT2D eigenvalue weighted by molar-refractivity contribution is -0.158. The molecule has 4 nitrogen and oxygen atoms in total. The van der Waals surface area contributed by atoms with Gasteiger partial charge in [0.25, 0.3) is 0 Å². The number of aryl methyl sites for hydroxylation is 2. The molecule has 2 atom stereocenters. The smallest absolute Gasteiger partial charge is 0.338 e. The molecule has 142 valence electrons. The molecule has 0 radical (unpaired) electrons.